The summed E-state index contributed by atoms with van der Waals surface area (Å²) in [5.41, 5.74) is -1.04. The molecular weight excluding hydrogens is 504 g/mol. The van der Waals surface area contributed by atoms with Crippen LogP contribution in [0.2, 0.25) is 0 Å². The van der Waals surface area contributed by atoms with E-state index in [0.29, 0.717) is 18.4 Å². The van der Waals surface area contributed by atoms with Gasteiger partial charge in [-0.1, -0.05) is 17.3 Å². The molecule has 0 N–H and O–H groups in total. The molecule has 0 saturated heterocycles. The molecule has 0 bridgehead atoms. The van der Waals surface area contributed by atoms with E-state index in [4.69, 9.17) is 0 Å². The maximum Gasteiger partial charge on any atom is 0.418 e. The van der Waals surface area contributed by atoms with Crippen LogP contribution in [-0.4, -0.2) is 24.9 Å². The highest BCUT2D eigenvalue weighted by molar-refractivity contribution is 5.49. The molecule has 1 aliphatic rings. The highest BCUT2D eigenvalue weighted by atomic mass is 19.4. The van der Waals surface area contributed by atoms with Crippen LogP contribution in [0.1, 0.15) is 52.6 Å². The minimum Gasteiger partial charge on any atom is -0.333 e. The maximum atomic E-state index is 14.5. The van der Waals surface area contributed by atoms with E-state index in [9.17, 15) is 31.1 Å². The topological polar surface area (TPSA) is 86.7 Å². The molecule has 3 heterocycles. The number of aryl methyl sites for hydroxylation is 1. The van der Waals surface area contributed by atoms with E-state index >= 15 is 0 Å². The fraction of sp³-hybridized carbons (Fsp3) is 0.292. The van der Waals surface area contributed by atoms with Crippen LogP contribution in [0.4, 0.5) is 26.3 Å². The average molecular weight is 521 g/mol. The molecular formula is C24H17F6N5O2. The molecule has 0 radical (unpaired) electrons. The van der Waals surface area contributed by atoms with Gasteiger partial charge in [-0.2, -0.15) is 32.0 Å². The summed E-state index contributed by atoms with van der Waals surface area (Å²) in [5.74, 6) is -2.30. The molecule has 4 aromatic rings. The number of hydrogen-bond acceptors (Lipinski definition) is 6. The number of nitrogens with zero attached hydrogens (tertiary/aromatic N) is 5. The van der Waals surface area contributed by atoms with E-state index in [0.717, 1.165) is 28.6 Å². The summed E-state index contributed by atoms with van der Waals surface area (Å²) >= 11 is 0. The SMILES string of the molecule is O=c1c(C2CCc3cccc(F)c3C2)cc(-c2noc(C(F)F)n2)nn1Cc1ncccc1C(F)(F)F. The summed E-state index contributed by atoms with van der Waals surface area (Å²) in [6.45, 7) is -0.660. The number of benzene rings is 1. The first-order chi connectivity index (χ1) is 17.6. The van der Waals surface area contributed by atoms with Gasteiger partial charge in [-0.3, -0.25) is 9.78 Å². The lowest BCUT2D eigenvalue weighted by Crippen LogP contribution is -2.31. The van der Waals surface area contributed by atoms with Crippen molar-refractivity contribution in [2.45, 2.75) is 44.3 Å². The Labute approximate surface area is 204 Å². The van der Waals surface area contributed by atoms with Crippen LogP contribution in [0.5, 0.6) is 0 Å². The molecule has 37 heavy (non-hydrogen) atoms. The highest BCUT2D eigenvalue weighted by Gasteiger charge is 2.34. The molecule has 7 nitrogen and oxygen atoms in total. The molecule has 0 aliphatic heterocycles. The number of halogens is 6. The Balaban J connectivity index is 1.62. The Bertz CT molecular complexity index is 1510. The van der Waals surface area contributed by atoms with Gasteiger partial charge in [0.2, 0.25) is 5.82 Å². The van der Waals surface area contributed by atoms with Crippen molar-refractivity contribution in [3.63, 3.8) is 0 Å². The van der Waals surface area contributed by atoms with Crippen molar-refractivity contribution >= 4 is 0 Å². The molecule has 192 valence electrons. The van der Waals surface area contributed by atoms with Crippen LogP contribution in [0.25, 0.3) is 11.5 Å². The van der Waals surface area contributed by atoms with Gasteiger partial charge in [0, 0.05) is 11.8 Å². The second-order valence-corrected chi connectivity index (χ2v) is 8.52. The van der Waals surface area contributed by atoms with Gasteiger partial charge in [0.15, 0.2) is 0 Å². The number of fused-ring (bicyclic) bond motifs is 1. The van der Waals surface area contributed by atoms with Crippen molar-refractivity contribution in [1.29, 1.82) is 0 Å². The standard InChI is InChI=1S/C24H17F6N5O2/c25-17-5-1-3-12-6-7-13(9-14(12)17)15-10-18(21-32-22(20(26)27)37-34-21)33-35(23(15)36)11-19-16(24(28,29)30)4-2-8-31-19/h1-5,8,10,13,20H,6-7,9,11H2. The number of rotatable bonds is 5. The number of alkyl halides is 5. The summed E-state index contributed by atoms with van der Waals surface area (Å²) < 4.78 is 86.4. The number of pyridine rings is 1. The lowest BCUT2D eigenvalue weighted by molar-refractivity contribution is -0.138. The first-order valence-electron chi connectivity index (χ1n) is 11.1. The van der Waals surface area contributed by atoms with E-state index < -0.39 is 53.6 Å². The van der Waals surface area contributed by atoms with Crippen molar-refractivity contribution in [2.75, 3.05) is 0 Å². The maximum absolute atomic E-state index is 14.5. The number of aromatic nitrogens is 5. The Morgan fingerprint density at radius 3 is 2.70 bits per heavy atom. The van der Waals surface area contributed by atoms with E-state index in [-0.39, 0.29) is 23.5 Å². The predicted molar refractivity (Wildman–Crippen MR) is 116 cm³/mol. The molecule has 0 saturated carbocycles. The third kappa shape index (κ3) is 4.85. The van der Waals surface area contributed by atoms with Gasteiger partial charge in [-0.15, -0.1) is 0 Å². The van der Waals surface area contributed by atoms with E-state index in [1.807, 2.05) is 0 Å². The predicted octanol–water partition coefficient (Wildman–Crippen LogP) is 5.10. The Hall–Kier alpha value is -4.03. The molecule has 0 fully saturated rings. The molecule has 1 aliphatic carbocycles. The van der Waals surface area contributed by atoms with Gasteiger partial charge in [0.05, 0.1) is 17.8 Å². The summed E-state index contributed by atoms with van der Waals surface area (Å²) in [7, 11) is 0. The number of hydrogen-bond donors (Lipinski definition) is 0. The largest absolute Gasteiger partial charge is 0.418 e. The third-order valence-electron chi connectivity index (χ3n) is 6.22. The van der Waals surface area contributed by atoms with E-state index in [1.54, 1.807) is 12.1 Å². The Morgan fingerprint density at radius 1 is 1.16 bits per heavy atom. The second-order valence-electron chi connectivity index (χ2n) is 8.52. The monoisotopic (exact) mass is 521 g/mol. The minimum absolute atomic E-state index is 0.117. The molecule has 1 atom stereocenters. The van der Waals surface area contributed by atoms with Gasteiger partial charge in [0.25, 0.3) is 11.4 Å². The molecule has 1 unspecified atom stereocenters. The van der Waals surface area contributed by atoms with Gasteiger partial charge in [0.1, 0.15) is 11.5 Å². The van der Waals surface area contributed by atoms with Gasteiger partial charge in [-0.05, 0) is 60.6 Å². The smallest absolute Gasteiger partial charge is 0.333 e. The quantitative estimate of drug-likeness (QED) is 0.340. The van der Waals surface area contributed by atoms with Gasteiger partial charge < -0.3 is 4.52 Å². The highest BCUT2D eigenvalue weighted by Crippen LogP contribution is 2.34. The summed E-state index contributed by atoms with van der Waals surface area (Å²) in [6, 6.07) is 7.92. The summed E-state index contributed by atoms with van der Waals surface area (Å²) in [6.07, 6.45) is -5.58. The van der Waals surface area contributed by atoms with Crippen molar-refractivity contribution in [1.82, 2.24) is 24.9 Å². The first kappa shape index (κ1) is 24.7. The van der Waals surface area contributed by atoms with Crippen LogP contribution in [-0.2, 0) is 25.6 Å². The summed E-state index contributed by atoms with van der Waals surface area (Å²) in [4.78, 5) is 20.8. The van der Waals surface area contributed by atoms with Gasteiger partial charge >= 0.3 is 12.6 Å². The first-order valence-corrected chi connectivity index (χ1v) is 11.1. The van der Waals surface area contributed by atoms with Crippen LogP contribution >= 0.6 is 0 Å². The van der Waals surface area contributed by atoms with Crippen molar-refractivity contribution in [3.8, 4) is 11.5 Å². The molecule has 13 heteroatoms. The Kier molecular flexibility index (Phi) is 6.30. The van der Waals surface area contributed by atoms with Crippen LogP contribution in [0.3, 0.4) is 0 Å². The van der Waals surface area contributed by atoms with Crippen molar-refractivity contribution in [3.05, 3.63) is 92.6 Å². The second kappa shape index (κ2) is 9.45. The van der Waals surface area contributed by atoms with E-state index in [1.165, 1.54) is 12.1 Å². The molecule has 3 aromatic heterocycles. The average Bonchev–Trinajstić information content (AvgIpc) is 3.36. The van der Waals surface area contributed by atoms with Crippen LogP contribution in [0, 0.1) is 5.82 Å². The molecule has 5 rings (SSSR count). The fourth-order valence-corrected chi connectivity index (χ4v) is 4.47. The molecule has 1 aromatic carbocycles. The molecule has 0 amide bonds. The molecule has 0 spiro atoms. The Morgan fingerprint density at radius 2 is 1.97 bits per heavy atom. The summed E-state index contributed by atoms with van der Waals surface area (Å²) in [5, 5.41) is 7.52. The van der Waals surface area contributed by atoms with Crippen LogP contribution < -0.4 is 5.56 Å². The normalized spacial score (nSPS) is 15.7. The van der Waals surface area contributed by atoms with Gasteiger partial charge in [-0.25, -0.2) is 9.07 Å². The zero-order valence-electron chi connectivity index (χ0n) is 18.8. The zero-order chi connectivity index (χ0) is 26.3. The van der Waals surface area contributed by atoms with Crippen molar-refractivity contribution in [2.24, 2.45) is 0 Å². The lowest BCUT2D eigenvalue weighted by Gasteiger charge is -2.25. The lowest BCUT2D eigenvalue weighted by atomic mass is 9.80. The van der Waals surface area contributed by atoms with Crippen molar-refractivity contribution < 1.29 is 30.9 Å². The van der Waals surface area contributed by atoms with Crippen LogP contribution in [0.15, 0.2) is 51.9 Å². The zero-order valence-corrected chi connectivity index (χ0v) is 18.8. The third-order valence-corrected chi connectivity index (χ3v) is 6.22. The minimum atomic E-state index is -4.74. The van der Waals surface area contributed by atoms with E-state index in [2.05, 4.69) is 24.7 Å². The fourth-order valence-electron chi connectivity index (χ4n) is 4.47.